The third-order valence-electron chi connectivity index (χ3n) is 5.23. The van der Waals surface area contributed by atoms with Crippen molar-refractivity contribution < 1.29 is 9.53 Å². The Bertz CT molecular complexity index is 753. The highest BCUT2D eigenvalue weighted by atomic mass is 16.5. The van der Waals surface area contributed by atoms with Crippen molar-refractivity contribution in [2.24, 2.45) is 13.0 Å². The van der Waals surface area contributed by atoms with E-state index in [0.29, 0.717) is 17.5 Å². The maximum atomic E-state index is 12.9. The smallest absolute Gasteiger partial charge is 0.253 e. The highest BCUT2D eigenvalue weighted by molar-refractivity contribution is 5.97. The molecule has 0 aliphatic carbocycles. The van der Waals surface area contributed by atoms with Gasteiger partial charge < -0.3 is 9.64 Å². The van der Waals surface area contributed by atoms with Gasteiger partial charge >= 0.3 is 0 Å². The Morgan fingerprint density at radius 1 is 1.25 bits per heavy atom. The zero-order valence-corrected chi connectivity index (χ0v) is 14.2. The standard InChI is InChI=1S/C17H23N5O2/c1-12-10-22(11-16(12)21-5-7-24-8-6-21)17(23)13-3-4-15-14(9-13)18-19-20(15)2/h3-4,9,12,16H,5-8,10-11H2,1-2H3/t12-,16+/m0/s1. The number of nitrogens with zero attached hydrogens (tertiary/aromatic N) is 5. The molecule has 128 valence electrons. The second kappa shape index (κ2) is 6.14. The molecule has 0 N–H and O–H groups in total. The van der Waals surface area contributed by atoms with E-state index in [0.717, 1.165) is 50.4 Å². The minimum Gasteiger partial charge on any atom is -0.379 e. The van der Waals surface area contributed by atoms with Crippen LogP contribution in [0, 0.1) is 5.92 Å². The van der Waals surface area contributed by atoms with Crippen LogP contribution < -0.4 is 0 Å². The summed E-state index contributed by atoms with van der Waals surface area (Å²) in [7, 11) is 1.85. The van der Waals surface area contributed by atoms with E-state index in [-0.39, 0.29) is 5.91 Å². The quantitative estimate of drug-likeness (QED) is 0.814. The molecule has 2 saturated heterocycles. The summed E-state index contributed by atoms with van der Waals surface area (Å²) in [6.07, 6.45) is 0. The van der Waals surface area contributed by atoms with E-state index in [1.54, 1.807) is 4.68 Å². The Morgan fingerprint density at radius 2 is 2.04 bits per heavy atom. The van der Waals surface area contributed by atoms with Gasteiger partial charge in [0.1, 0.15) is 5.52 Å². The minimum atomic E-state index is 0.0881. The van der Waals surface area contributed by atoms with Gasteiger partial charge in [0.15, 0.2) is 0 Å². The first-order chi connectivity index (χ1) is 11.6. The van der Waals surface area contributed by atoms with Crippen LogP contribution in [0.3, 0.4) is 0 Å². The second-order valence-corrected chi connectivity index (χ2v) is 6.82. The molecule has 4 rings (SSSR count). The number of hydrogen-bond acceptors (Lipinski definition) is 5. The predicted octanol–water partition coefficient (Wildman–Crippen LogP) is 0.761. The zero-order chi connectivity index (χ0) is 16.7. The van der Waals surface area contributed by atoms with Crippen molar-refractivity contribution in [2.75, 3.05) is 39.4 Å². The predicted molar refractivity (Wildman–Crippen MR) is 89.8 cm³/mol. The number of likely N-dealkylation sites (tertiary alicyclic amines) is 1. The van der Waals surface area contributed by atoms with Crippen LogP contribution in [0.1, 0.15) is 17.3 Å². The maximum Gasteiger partial charge on any atom is 0.253 e. The fourth-order valence-electron chi connectivity index (χ4n) is 3.86. The average Bonchev–Trinajstić information content (AvgIpc) is 3.18. The molecule has 0 saturated carbocycles. The molecule has 0 radical (unpaired) electrons. The van der Waals surface area contributed by atoms with Gasteiger partial charge in [-0.2, -0.15) is 0 Å². The summed E-state index contributed by atoms with van der Waals surface area (Å²) in [4.78, 5) is 17.3. The largest absolute Gasteiger partial charge is 0.379 e. The summed E-state index contributed by atoms with van der Waals surface area (Å²) in [5, 5.41) is 8.11. The average molecular weight is 329 g/mol. The van der Waals surface area contributed by atoms with Crippen molar-refractivity contribution in [1.29, 1.82) is 0 Å². The lowest BCUT2D eigenvalue weighted by Gasteiger charge is -2.33. The van der Waals surface area contributed by atoms with Gasteiger partial charge in [-0.15, -0.1) is 5.10 Å². The van der Waals surface area contributed by atoms with E-state index >= 15 is 0 Å². The van der Waals surface area contributed by atoms with Gasteiger partial charge in [-0.25, -0.2) is 4.68 Å². The fraction of sp³-hybridized carbons (Fsp3) is 0.588. The van der Waals surface area contributed by atoms with Crippen molar-refractivity contribution in [3.8, 4) is 0 Å². The minimum absolute atomic E-state index is 0.0881. The summed E-state index contributed by atoms with van der Waals surface area (Å²) in [5.41, 5.74) is 2.39. The first kappa shape index (κ1) is 15.5. The van der Waals surface area contributed by atoms with Crippen LogP contribution in [-0.2, 0) is 11.8 Å². The summed E-state index contributed by atoms with van der Waals surface area (Å²) in [6, 6.07) is 6.07. The van der Waals surface area contributed by atoms with Crippen LogP contribution >= 0.6 is 0 Å². The molecule has 1 aromatic carbocycles. The number of aryl methyl sites for hydroxylation is 1. The van der Waals surface area contributed by atoms with Crippen LogP contribution in [0.25, 0.3) is 11.0 Å². The van der Waals surface area contributed by atoms with Gasteiger partial charge in [-0.05, 0) is 24.1 Å². The first-order valence-electron chi connectivity index (χ1n) is 8.54. The lowest BCUT2D eigenvalue weighted by atomic mass is 10.0. The van der Waals surface area contributed by atoms with Crippen molar-refractivity contribution in [2.45, 2.75) is 13.0 Å². The summed E-state index contributed by atoms with van der Waals surface area (Å²) < 4.78 is 7.16. The van der Waals surface area contributed by atoms with Gasteiger partial charge in [-0.3, -0.25) is 9.69 Å². The normalized spacial score (nSPS) is 25.5. The number of morpholine rings is 1. The van der Waals surface area contributed by atoms with Crippen LogP contribution in [-0.4, -0.2) is 76.1 Å². The van der Waals surface area contributed by atoms with Gasteiger partial charge in [0.2, 0.25) is 0 Å². The van der Waals surface area contributed by atoms with Crippen LogP contribution in [0.2, 0.25) is 0 Å². The van der Waals surface area contributed by atoms with Crippen LogP contribution in [0.15, 0.2) is 18.2 Å². The highest BCUT2D eigenvalue weighted by Gasteiger charge is 2.36. The molecule has 2 aromatic rings. The Balaban J connectivity index is 1.51. The number of carbonyl (C=O) groups excluding carboxylic acids is 1. The molecular formula is C17H23N5O2. The summed E-state index contributed by atoms with van der Waals surface area (Å²) in [5.74, 6) is 0.567. The molecule has 24 heavy (non-hydrogen) atoms. The number of carbonyl (C=O) groups is 1. The van der Waals surface area contributed by atoms with Gasteiger partial charge in [0, 0.05) is 44.8 Å². The topological polar surface area (TPSA) is 63.5 Å². The van der Waals surface area contributed by atoms with Gasteiger partial charge in [-0.1, -0.05) is 12.1 Å². The lowest BCUT2D eigenvalue weighted by Crippen LogP contribution is -2.47. The third-order valence-corrected chi connectivity index (χ3v) is 5.23. The van der Waals surface area contributed by atoms with Crippen molar-refractivity contribution >= 4 is 16.9 Å². The molecule has 1 aromatic heterocycles. The molecule has 7 heteroatoms. The lowest BCUT2D eigenvalue weighted by molar-refractivity contribution is 0.0119. The molecule has 2 aliphatic rings. The maximum absolute atomic E-state index is 12.9. The highest BCUT2D eigenvalue weighted by Crippen LogP contribution is 2.25. The molecule has 2 atom stereocenters. The van der Waals surface area contributed by atoms with Crippen molar-refractivity contribution in [3.63, 3.8) is 0 Å². The Labute approximate surface area is 141 Å². The van der Waals surface area contributed by atoms with E-state index in [1.165, 1.54) is 0 Å². The van der Waals surface area contributed by atoms with E-state index < -0.39 is 0 Å². The molecule has 1 amide bonds. The molecule has 0 spiro atoms. The molecule has 7 nitrogen and oxygen atoms in total. The Kier molecular flexibility index (Phi) is 3.97. The van der Waals surface area contributed by atoms with Crippen molar-refractivity contribution in [1.82, 2.24) is 24.8 Å². The van der Waals surface area contributed by atoms with Gasteiger partial charge in [0.25, 0.3) is 5.91 Å². The first-order valence-corrected chi connectivity index (χ1v) is 8.54. The number of aromatic nitrogens is 3. The number of rotatable bonds is 2. The van der Waals surface area contributed by atoms with E-state index in [9.17, 15) is 4.79 Å². The zero-order valence-electron chi connectivity index (χ0n) is 14.2. The Morgan fingerprint density at radius 3 is 2.83 bits per heavy atom. The van der Waals surface area contributed by atoms with Crippen LogP contribution in [0.5, 0.6) is 0 Å². The molecule has 0 unspecified atom stereocenters. The third kappa shape index (κ3) is 2.67. The second-order valence-electron chi connectivity index (χ2n) is 6.82. The van der Waals surface area contributed by atoms with Gasteiger partial charge in [0.05, 0.1) is 18.7 Å². The summed E-state index contributed by atoms with van der Waals surface area (Å²) in [6.45, 7) is 7.34. The van der Waals surface area contributed by atoms with E-state index in [4.69, 9.17) is 4.74 Å². The number of ether oxygens (including phenoxy) is 1. The fourth-order valence-corrected chi connectivity index (χ4v) is 3.86. The number of fused-ring (bicyclic) bond motifs is 1. The monoisotopic (exact) mass is 329 g/mol. The number of benzene rings is 1. The SMILES string of the molecule is C[C@H]1CN(C(=O)c2ccc3c(c2)nnn3C)C[C@H]1N1CCOCC1. The number of amides is 1. The van der Waals surface area contributed by atoms with Crippen LogP contribution in [0.4, 0.5) is 0 Å². The molecule has 2 aliphatic heterocycles. The van der Waals surface area contributed by atoms with E-state index in [2.05, 4.69) is 22.1 Å². The van der Waals surface area contributed by atoms with Crippen molar-refractivity contribution in [3.05, 3.63) is 23.8 Å². The molecular weight excluding hydrogens is 306 g/mol. The Hall–Kier alpha value is -1.99. The summed E-state index contributed by atoms with van der Waals surface area (Å²) >= 11 is 0. The van der Waals surface area contributed by atoms with E-state index in [1.807, 2.05) is 30.1 Å². The number of hydrogen-bond donors (Lipinski definition) is 0. The molecule has 3 heterocycles. The molecule has 0 bridgehead atoms. The molecule has 2 fully saturated rings.